The van der Waals surface area contributed by atoms with Crippen LogP contribution in [0.15, 0.2) is 54.6 Å². The van der Waals surface area contributed by atoms with Crippen molar-refractivity contribution in [1.82, 2.24) is 5.32 Å². The second kappa shape index (κ2) is 8.05. The Labute approximate surface area is 139 Å². The quantitative estimate of drug-likeness (QED) is 0.735. The molecule has 6 heteroatoms. The zero-order chi connectivity index (χ0) is 16.7. The van der Waals surface area contributed by atoms with Gasteiger partial charge in [-0.1, -0.05) is 36.4 Å². The zero-order valence-corrected chi connectivity index (χ0v) is 13.2. The molecule has 0 spiro atoms. The van der Waals surface area contributed by atoms with Gasteiger partial charge in [-0.3, -0.25) is 9.59 Å². The Morgan fingerprint density at radius 2 is 1.78 bits per heavy atom. The molecule has 5 nitrogen and oxygen atoms in total. The van der Waals surface area contributed by atoms with Crippen LogP contribution in [0.5, 0.6) is 0 Å². The molecule has 0 aliphatic carbocycles. The van der Waals surface area contributed by atoms with Gasteiger partial charge in [0, 0.05) is 17.7 Å². The highest BCUT2D eigenvalue weighted by atomic mass is 32.1. The lowest BCUT2D eigenvalue weighted by Gasteiger charge is -2.10. The average molecular weight is 327 g/mol. The summed E-state index contributed by atoms with van der Waals surface area (Å²) in [5.74, 6) is -0.691. The van der Waals surface area contributed by atoms with E-state index >= 15 is 0 Å². The molecule has 118 valence electrons. The van der Waals surface area contributed by atoms with Crippen molar-refractivity contribution in [3.05, 3.63) is 65.7 Å². The van der Waals surface area contributed by atoms with Crippen LogP contribution >= 0.6 is 12.2 Å². The van der Waals surface area contributed by atoms with Crippen LogP contribution in [0.25, 0.3) is 0 Å². The van der Waals surface area contributed by atoms with Gasteiger partial charge in [-0.05, 0) is 42.4 Å². The molecule has 0 atom stereocenters. The summed E-state index contributed by atoms with van der Waals surface area (Å²) in [7, 11) is 0. The summed E-state index contributed by atoms with van der Waals surface area (Å²) in [5, 5.41) is 5.66. The molecule has 0 bridgehead atoms. The molecular formula is C17H17N3O2S. The molecule has 0 saturated heterocycles. The number of hydrogen-bond donors (Lipinski definition) is 3. The van der Waals surface area contributed by atoms with Gasteiger partial charge in [0.2, 0.25) is 11.8 Å². The summed E-state index contributed by atoms with van der Waals surface area (Å²) in [6.45, 7) is 0. The lowest BCUT2D eigenvalue weighted by molar-refractivity contribution is -0.119. The van der Waals surface area contributed by atoms with Crippen LogP contribution in [-0.2, 0) is 11.2 Å². The molecule has 0 radical (unpaired) electrons. The number of aryl methyl sites for hydroxylation is 1. The Morgan fingerprint density at radius 1 is 1.04 bits per heavy atom. The van der Waals surface area contributed by atoms with Gasteiger partial charge in [0.1, 0.15) is 0 Å². The molecule has 0 aromatic heterocycles. The van der Waals surface area contributed by atoms with Gasteiger partial charge in [-0.15, -0.1) is 0 Å². The van der Waals surface area contributed by atoms with E-state index in [1.54, 1.807) is 24.3 Å². The first-order chi connectivity index (χ1) is 11.0. The lowest BCUT2D eigenvalue weighted by Crippen LogP contribution is -2.34. The number of benzene rings is 2. The summed E-state index contributed by atoms with van der Waals surface area (Å²) in [6, 6.07) is 16.3. The van der Waals surface area contributed by atoms with Crippen molar-refractivity contribution in [3.8, 4) is 0 Å². The maximum absolute atomic E-state index is 11.9. The highest BCUT2D eigenvalue weighted by Gasteiger charge is 2.07. The molecule has 0 fully saturated rings. The Morgan fingerprint density at radius 3 is 2.48 bits per heavy atom. The van der Waals surface area contributed by atoms with Gasteiger partial charge < -0.3 is 16.4 Å². The standard InChI is InChI=1S/C17H17N3O2S/c18-16(22)13-7-4-8-14(11-13)19-17(23)20-15(21)10-9-12-5-2-1-3-6-12/h1-8,11H,9-10H2,(H2,18,22)(H2,19,20,21,23). The number of rotatable bonds is 5. The molecular weight excluding hydrogens is 310 g/mol. The van der Waals surface area contributed by atoms with Crippen molar-refractivity contribution in [2.45, 2.75) is 12.8 Å². The fourth-order valence-electron chi connectivity index (χ4n) is 2.00. The number of hydrogen-bond acceptors (Lipinski definition) is 3. The molecule has 4 N–H and O–H groups in total. The minimum absolute atomic E-state index is 0.169. The fourth-order valence-corrected chi connectivity index (χ4v) is 2.24. The van der Waals surface area contributed by atoms with E-state index in [0.29, 0.717) is 24.1 Å². The number of anilines is 1. The number of nitrogens with two attached hydrogens (primary N) is 1. The lowest BCUT2D eigenvalue weighted by atomic mass is 10.1. The Kier molecular flexibility index (Phi) is 5.82. The third kappa shape index (κ3) is 5.52. The number of carbonyl (C=O) groups excluding carboxylic acids is 2. The van der Waals surface area contributed by atoms with Crippen molar-refractivity contribution in [1.29, 1.82) is 0 Å². The van der Waals surface area contributed by atoms with Crippen LogP contribution in [0.4, 0.5) is 5.69 Å². The van der Waals surface area contributed by atoms with Crippen molar-refractivity contribution in [2.24, 2.45) is 5.73 Å². The van der Waals surface area contributed by atoms with E-state index in [-0.39, 0.29) is 11.0 Å². The maximum atomic E-state index is 11.9. The predicted octanol–water partition coefficient (Wildman–Crippen LogP) is 2.23. The minimum Gasteiger partial charge on any atom is -0.366 e. The molecule has 2 amide bonds. The average Bonchev–Trinajstić information content (AvgIpc) is 2.54. The SMILES string of the molecule is NC(=O)c1cccc(NC(=S)NC(=O)CCc2ccccc2)c1. The number of amides is 2. The van der Waals surface area contributed by atoms with E-state index in [2.05, 4.69) is 10.6 Å². The van der Waals surface area contributed by atoms with Gasteiger partial charge in [0.15, 0.2) is 5.11 Å². The van der Waals surface area contributed by atoms with E-state index in [1.165, 1.54) is 0 Å². The normalized spacial score (nSPS) is 9.91. The van der Waals surface area contributed by atoms with E-state index in [4.69, 9.17) is 18.0 Å². The van der Waals surface area contributed by atoms with Gasteiger partial charge in [0.05, 0.1) is 0 Å². The zero-order valence-electron chi connectivity index (χ0n) is 12.4. The van der Waals surface area contributed by atoms with Gasteiger partial charge in [-0.2, -0.15) is 0 Å². The maximum Gasteiger partial charge on any atom is 0.248 e. The number of carbonyl (C=O) groups is 2. The highest BCUT2D eigenvalue weighted by molar-refractivity contribution is 7.80. The largest absolute Gasteiger partial charge is 0.366 e. The Hall–Kier alpha value is -2.73. The van der Waals surface area contributed by atoms with Gasteiger partial charge in [-0.25, -0.2) is 0 Å². The van der Waals surface area contributed by atoms with Gasteiger partial charge >= 0.3 is 0 Å². The second-order valence-electron chi connectivity index (χ2n) is 4.93. The first-order valence-corrected chi connectivity index (χ1v) is 7.50. The third-order valence-corrected chi connectivity index (χ3v) is 3.35. The summed E-state index contributed by atoms with van der Waals surface area (Å²) < 4.78 is 0. The van der Waals surface area contributed by atoms with Crippen LogP contribution in [0.1, 0.15) is 22.3 Å². The molecule has 2 aromatic carbocycles. The molecule has 2 rings (SSSR count). The van der Waals surface area contributed by atoms with Crippen LogP contribution in [-0.4, -0.2) is 16.9 Å². The fraction of sp³-hybridized carbons (Fsp3) is 0.118. The molecule has 0 saturated carbocycles. The van der Waals surface area contributed by atoms with Crippen LogP contribution in [0.3, 0.4) is 0 Å². The van der Waals surface area contributed by atoms with Crippen LogP contribution in [0.2, 0.25) is 0 Å². The van der Waals surface area contributed by atoms with Crippen molar-refractivity contribution in [2.75, 3.05) is 5.32 Å². The first-order valence-electron chi connectivity index (χ1n) is 7.09. The smallest absolute Gasteiger partial charge is 0.248 e. The summed E-state index contributed by atoms with van der Waals surface area (Å²) in [6.07, 6.45) is 0.986. The van der Waals surface area contributed by atoms with E-state index in [0.717, 1.165) is 5.56 Å². The van der Waals surface area contributed by atoms with Crippen molar-refractivity contribution < 1.29 is 9.59 Å². The number of nitrogens with one attached hydrogen (secondary N) is 2. The molecule has 0 heterocycles. The Balaban J connectivity index is 1.83. The molecule has 0 aliphatic rings. The van der Waals surface area contributed by atoms with Crippen molar-refractivity contribution >= 4 is 34.8 Å². The van der Waals surface area contributed by atoms with E-state index < -0.39 is 5.91 Å². The third-order valence-electron chi connectivity index (χ3n) is 3.14. The molecule has 0 unspecified atom stereocenters. The minimum atomic E-state index is -0.522. The molecule has 0 aliphatic heterocycles. The number of primary amides is 1. The summed E-state index contributed by atoms with van der Waals surface area (Å²) in [5.41, 5.74) is 7.27. The highest BCUT2D eigenvalue weighted by Crippen LogP contribution is 2.10. The van der Waals surface area contributed by atoms with Crippen molar-refractivity contribution in [3.63, 3.8) is 0 Å². The topological polar surface area (TPSA) is 84.2 Å². The van der Waals surface area contributed by atoms with E-state index in [9.17, 15) is 9.59 Å². The predicted molar refractivity (Wildman–Crippen MR) is 94.1 cm³/mol. The first kappa shape index (κ1) is 16.6. The summed E-state index contributed by atoms with van der Waals surface area (Å²) >= 11 is 5.09. The second-order valence-corrected chi connectivity index (χ2v) is 5.34. The monoisotopic (exact) mass is 327 g/mol. The summed E-state index contributed by atoms with van der Waals surface area (Å²) in [4.78, 5) is 23.0. The Bertz CT molecular complexity index is 717. The van der Waals surface area contributed by atoms with Crippen LogP contribution in [0, 0.1) is 0 Å². The van der Waals surface area contributed by atoms with Gasteiger partial charge in [0.25, 0.3) is 0 Å². The molecule has 23 heavy (non-hydrogen) atoms. The van der Waals surface area contributed by atoms with E-state index in [1.807, 2.05) is 30.3 Å². The van der Waals surface area contributed by atoms with Crippen LogP contribution < -0.4 is 16.4 Å². The number of thiocarbonyl (C=S) groups is 1. The molecule has 2 aromatic rings.